The SMILES string of the molecule is CC1CN(CCOc2ccc(C(N)=NO)cc2)CC(C)S1. The molecule has 2 unspecified atom stereocenters. The summed E-state index contributed by atoms with van der Waals surface area (Å²) in [4.78, 5) is 2.45. The molecule has 2 rings (SSSR count). The Bertz CT molecular complexity index is 468. The Morgan fingerprint density at radius 3 is 2.52 bits per heavy atom. The predicted molar refractivity (Wildman–Crippen MR) is 87.4 cm³/mol. The second-order valence-corrected chi connectivity index (χ2v) is 7.26. The molecule has 1 aromatic rings. The summed E-state index contributed by atoms with van der Waals surface area (Å²) >= 11 is 2.06. The summed E-state index contributed by atoms with van der Waals surface area (Å²) in [7, 11) is 0. The van der Waals surface area contributed by atoms with E-state index in [1.165, 1.54) is 0 Å². The zero-order chi connectivity index (χ0) is 15.2. The minimum Gasteiger partial charge on any atom is -0.492 e. The molecule has 1 heterocycles. The van der Waals surface area contributed by atoms with Crippen LogP contribution in [0.2, 0.25) is 0 Å². The van der Waals surface area contributed by atoms with Gasteiger partial charge in [-0.25, -0.2) is 0 Å². The highest BCUT2D eigenvalue weighted by atomic mass is 32.2. The van der Waals surface area contributed by atoms with Crippen molar-refractivity contribution in [1.29, 1.82) is 0 Å². The van der Waals surface area contributed by atoms with Gasteiger partial charge in [0.15, 0.2) is 5.84 Å². The minimum atomic E-state index is 0.107. The molecule has 1 aliphatic rings. The zero-order valence-electron chi connectivity index (χ0n) is 12.5. The highest BCUT2D eigenvalue weighted by molar-refractivity contribution is 8.00. The molecular weight excluding hydrogens is 286 g/mol. The molecule has 1 fully saturated rings. The summed E-state index contributed by atoms with van der Waals surface area (Å²) < 4.78 is 5.76. The van der Waals surface area contributed by atoms with Gasteiger partial charge in [-0.2, -0.15) is 11.8 Å². The summed E-state index contributed by atoms with van der Waals surface area (Å²) in [6.07, 6.45) is 0. The van der Waals surface area contributed by atoms with E-state index < -0.39 is 0 Å². The first-order valence-electron chi connectivity index (χ1n) is 7.17. The second-order valence-electron chi connectivity index (χ2n) is 5.37. The number of nitrogens with zero attached hydrogens (tertiary/aromatic N) is 2. The molecule has 0 bridgehead atoms. The van der Waals surface area contributed by atoms with Gasteiger partial charge in [-0.05, 0) is 24.3 Å². The fourth-order valence-corrected chi connectivity index (χ4v) is 3.93. The first kappa shape index (κ1) is 16.0. The average Bonchev–Trinajstić information content (AvgIpc) is 2.46. The molecule has 1 saturated heterocycles. The van der Waals surface area contributed by atoms with Crippen molar-refractivity contribution in [2.24, 2.45) is 10.9 Å². The molecule has 5 nitrogen and oxygen atoms in total. The van der Waals surface area contributed by atoms with E-state index in [0.29, 0.717) is 22.7 Å². The lowest BCUT2D eigenvalue weighted by atomic mass is 10.2. The quantitative estimate of drug-likeness (QED) is 0.377. The summed E-state index contributed by atoms with van der Waals surface area (Å²) in [5, 5.41) is 13.0. The van der Waals surface area contributed by atoms with Crippen LogP contribution in [0.25, 0.3) is 0 Å². The maximum Gasteiger partial charge on any atom is 0.170 e. The second kappa shape index (κ2) is 7.56. The number of hydrogen-bond acceptors (Lipinski definition) is 5. The van der Waals surface area contributed by atoms with E-state index in [1.807, 2.05) is 12.1 Å². The lowest BCUT2D eigenvalue weighted by Crippen LogP contribution is -2.42. The van der Waals surface area contributed by atoms with Gasteiger partial charge >= 0.3 is 0 Å². The Balaban J connectivity index is 1.78. The van der Waals surface area contributed by atoms with Crippen molar-refractivity contribution in [1.82, 2.24) is 4.90 Å². The van der Waals surface area contributed by atoms with Crippen LogP contribution < -0.4 is 10.5 Å². The molecule has 0 aromatic heterocycles. The minimum absolute atomic E-state index is 0.107. The normalized spacial score (nSPS) is 24.0. The number of amidine groups is 1. The van der Waals surface area contributed by atoms with Crippen molar-refractivity contribution in [3.8, 4) is 5.75 Å². The third-order valence-corrected chi connectivity index (χ3v) is 4.66. The van der Waals surface area contributed by atoms with Crippen molar-refractivity contribution >= 4 is 17.6 Å². The molecular formula is C15H23N3O2S. The van der Waals surface area contributed by atoms with Crippen LogP contribution in [0.4, 0.5) is 0 Å². The Morgan fingerprint density at radius 1 is 1.33 bits per heavy atom. The average molecular weight is 309 g/mol. The van der Waals surface area contributed by atoms with Crippen LogP contribution in [-0.2, 0) is 0 Å². The molecule has 0 spiro atoms. The van der Waals surface area contributed by atoms with E-state index in [1.54, 1.807) is 12.1 Å². The van der Waals surface area contributed by atoms with Crippen LogP contribution in [0, 0.1) is 0 Å². The lowest BCUT2D eigenvalue weighted by Gasteiger charge is -2.34. The third kappa shape index (κ3) is 4.82. The van der Waals surface area contributed by atoms with E-state index >= 15 is 0 Å². The van der Waals surface area contributed by atoms with Gasteiger partial charge in [-0.3, -0.25) is 4.90 Å². The first-order chi connectivity index (χ1) is 10.1. The molecule has 6 heteroatoms. The van der Waals surface area contributed by atoms with E-state index in [9.17, 15) is 0 Å². The van der Waals surface area contributed by atoms with Gasteiger partial charge in [0.05, 0.1) is 0 Å². The molecule has 3 N–H and O–H groups in total. The van der Waals surface area contributed by atoms with Crippen LogP contribution >= 0.6 is 11.8 Å². The fraction of sp³-hybridized carbons (Fsp3) is 0.533. The van der Waals surface area contributed by atoms with Gasteiger partial charge in [0.25, 0.3) is 0 Å². The highest BCUT2D eigenvalue weighted by Gasteiger charge is 2.21. The first-order valence-corrected chi connectivity index (χ1v) is 8.11. The Kier molecular flexibility index (Phi) is 5.76. The van der Waals surface area contributed by atoms with Crippen molar-refractivity contribution in [3.63, 3.8) is 0 Å². The van der Waals surface area contributed by atoms with Gasteiger partial charge in [0, 0.05) is 35.7 Å². The van der Waals surface area contributed by atoms with Crippen molar-refractivity contribution in [3.05, 3.63) is 29.8 Å². The van der Waals surface area contributed by atoms with E-state index in [4.69, 9.17) is 15.7 Å². The molecule has 0 aliphatic carbocycles. The number of thioether (sulfide) groups is 1. The largest absolute Gasteiger partial charge is 0.492 e. The predicted octanol–water partition coefficient (Wildman–Crippen LogP) is 1.99. The van der Waals surface area contributed by atoms with Crippen LogP contribution in [0.1, 0.15) is 19.4 Å². The molecule has 0 radical (unpaired) electrons. The monoisotopic (exact) mass is 309 g/mol. The fourth-order valence-electron chi connectivity index (χ4n) is 2.54. The molecule has 116 valence electrons. The Morgan fingerprint density at radius 2 is 1.95 bits per heavy atom. The molecule has 1 aliphatic heterocycles. The lowest BCUT2D eigenvalue weighted by molar-refractivity contribution is 0.207. The highest BCUT2D eigenvalue weighted by Crippen LogP contribution is 2.24. The van der Waals surface area contributed by atoms with Gasteiger partial charge in [0.1, 0.15) is 12.4 Å². The topological polar surface area (TPSA) is 71.1 Å². The van der Waals surface area contributed by atoms with Gasteiger partial charge in [-0.15, -0.1) is 0 Å². The summed E-state index contributed by atoms with van der Waals surface area (Å²) in [5.41, 5.74) is 6.20. The smallest absolute Gasteiger partial charge is 0.170 e. The number of rotatable bonds is 5. The summed E-state index contributed by atoms with van der Waals surface area (Å²) in [6.45, 7) is 8.42. The molecule has 2 atom stereocenters. The van der Waals surface area contributed by atoms with E-state index in [-0.39, 0.29) is 5.84 Å². The summed E-state index contributed by atoms with van der Waals surface area (Å²) in [6, 6.07) is 7.24. The van der Waals surface area contributed by atoms with Crippen molar-refractivity contribution in [2.45, 2.75) is 24.3 Å². The standard InChI is InChI=1S/C15H23N3O2S/c1-11-9-18(10-12(2)21-11)7-8-20-14-5-3-13(4-6-14)15(16)17-19/h3-6,11-12,19H,7-10H2,1-2H3,(H2,16,17). The Hall–Kier alpha value is -1.40. The molecule has 0 amide bonds. The van der Waals surface area contributed by atoms with Gasteiger partial charge in [-0.1, -0.05) is 19.0 Å². The van der Waals surface area contributed by atoms with Crippen LogP contribution in [0.15, 0.2) is 29.4 Å². The maximum absolute atomic E-state index is 8.61. The van der Waals surface area contributed by atoms with E-state index in [0.717, 1.165) is 25.4 Å². The zero-order valence-corrected chi connectivity index (χ0v) is 13.3. The molecule has 21 heavy (non-hydrogen) atoms. The molecule has 0 saturated carbocycles. The maximum atomic E-state index is 8.61. The van der Waals surface area contributed by atoms with Crippen molar-refractivity contribution < 1.29 is 9.94 Å². The molecule has 1 aromatic carbocycles. The van der Waals surface area contributed by atoms with E-state index in [2.05, 4.69) is 35.7 Å². The Labute approximate surface area is 130 Å². The van der Waals surface area contributed by atoms with Crippen LogP contribution in [0.5, 0.6) is 5.75 Å². The summed E-state index contributed by atoms with van der Waals surface area (Å²) in [5.74, 6) is 0.910. The number of benzene rings is 1. The third-order valence-electron chi connectivity index (χ3n) is 3.43. The number of nitrogens with two attached hydrogens (primary N) is 1. The van der Waals surface area contributed by atoms with Gasteiger partial charge < -0.3 is 15.7 Å². The van der Waals surface area contributed by atoms with Crippen LogP contribution in [-0.4, -0.2) is 52.7 Å². The number of ether oxygens (including phenoxy) is 1. The number of hydrogen-bond donors (Lipinski definition) is 2. The number of oxime groups is 1. The van der Waals surface area contributed by atoms with Gasteiger partial charge in [0.2, 0.25) is 0 Å². The van der Waals surface area contributed by atoms with Crippen LogP contribution in [0.3, 0.4) is 0 Å². The van der Waals surface area contributed by atoms with Crippen molar-refractivity contribution in [2.75, 3.05) is 26.2 Å².